The Morgan fingerprint density at radius 3 is 2.93 bits per heavy atom. The van der Waals surface area contributed by atoms with Crippen LogP contribution >= 0.6 is 0 Å². The van der Waals surface area contributed by atoms with Crippen molar-refractivity contribution in [1.82, 2.24) is 0 Å². The standard InChI is InChI=1S/C12H12O3/c1-2-3-4-11-10-7-8(13)5-6-9(10)12(14)15-11/h4-7,13H,2-3H2,1H3/b11-4-. The monoisotopic (exact) mass is 204 g/mol. The van der Waals surface area contributed by atoms with Gasteiger partial charge in [0.25, 0.3) is 0 Å². The maximum absolute atomic E-state index is 11.4. The molecule has 0 amide bonds. The summed E-state index contributed by atoms with van der Waals surface area (Å²) in [6.45, 7) is 2.05. The van der Waals surface area contributed by atoms with Gasteiger partial charge in [-0.2, -0.15) is 0 Å². The molecule has 0 aliphatic carbocycles. The minimum Gasteiger partial charge on any atom is -0.508 e. The van der Waals surface area contributed by atoms with Gasteiger partial charge >= 0.3 is 5.97 Å². The van der Waals surface area contributed by atoms with Crippen LogP contribution in [0.15, 0.2) is 24.3 Å². The van der Waals surface area contributed by atoms with Crippen LogP contribution in [0.3, 0.4) is 0 Å². The number of phenols is 1. The van der Waals surface area contributed by atoms with Crippen LogP contribution in [0.25, 0.3) is 5.76 Å². The average molecular weight is 204 g/mol. The second kappa shape index (κ2) is 3.77. The molecule has 2 rings (SSSR count). The molecule has 1 aromatic carbocycles. The maximum atomic E-state index is 11.4. The first-order valence-corrected chi connectivity index (χ1v) is 4.98. The van der Waals surface area contributed by atoms with Gasteiger partial charge in [-0.15, -0.1) is 0 Å². The molecule has 1 aliphatic rings. The molecule has 0 spiro atoms. The number of unbranched alkanes of at least 4 members (excludes halogenated alkanes) is 1. The zero-order valence-corrected chi connectivity index (χ0v) is 8.49. The van der Waals surface area contributed by atoms with Gasteiger partial charge in [0.05, 0.1) is 5.56 Å². The number of carbonyl (C=O) groups is 1. The minimum atomic E-state index is -0.340. The number of ether oxygens (including phenoxy) is 1. The number of rotatable bonds is 2. The smallest absolute Gasteiger partial charge is 0.344 e. The van der Waals surface area contributed by atoms with Crippen LogP contribution < -0.4 is 0 Å². The van der Waals surface area contributed by atoms with Crippen molar-refractivity contribution >= 4 is 11.7 Å². The Kier molecular flexibility index (Phi) is 2.46. The van der Waals surface area contributed by atoms with E-state index in [4.69, 9.17) is 4.74 Å². The molecule has 0 bridgehead atoms. The van der Waals surface area contributed by atoms with Gasteiger partial charge in [-0.05, 0) is 30.7 Å². The van der Waals surface area contributed by atoms with E-state index in [1.165, 1.54) is 6.07 Å². The van der Waals surface area contributed by atoms with Crippen LogP contribution in [0, 0.1) is 0 Å². The van der Waals surface area contributed by atoms with Gasteiger partial charge in [-0.1, -0.05) is 13.3 Å². The highest BCUT2D eigenvalue weighted by atomic mass is 16.5. The number of fused-ring (bicyclic) bond motifs is 1. The topological polar surface area (TPSA) is 46.5 Å². The molecular formula is C12H12O3. The molecule has 0 unspecified atom stereocenters. The van der Waals surface area contributed by atoms with E-state index in [9.17, 15) is 9.90 Å². The minimum absolute atomic E-state index is 0.148. The third kappa shape index (κ3) is 1.73. The summed E-state index contributed by atoms with van der Waals surface area (Å²) >= 11 is 0. The molecule has 78 valence electrons. The van der Waals surface area contributed by atoms with E-state index < -0.39 is 0 Å². The number of carbonyl (C=O) groups excluding carboxylic acids is 1. The summed E-state index contributed by atoms with van der Waals surface area (Å²) in [5.74, 6) is 0.370. The van der Waals surface area contributed by atoms with Gasteiger partial charge in [-0.25, -0.2) is 4.79 Å². The van der Waals surface area contributed by atoms with Crippen molar-refractivity contribution in [3.8, 4) is 5.75 Å². The van der Waals surface area contributed by atoms with Crippen LogP contribution in [-0.4, -0.2) is 11.1 Å². The Balaban J connectivity index is 2.44. The first-order chi connectivity index (χ1) is 7.22. The normalized spacial score (nSPS) is 16.6. The number of benzene rings is 1. The molecule has 0 saturated carbocycles. The zero-order chi connectivity index (χ0) is 10.8. The van der Waals surface area contributed by atoms with Crippen molar-refractivity contribution in [1.29, 1.82) is 0 Å². The molecule has 1 heterocycles. The fraction of sp³-hybridized carbons (Fsp3) is 0.250. The molecule has 0 aromatic heterocycles. The summed E-state index contributed by atoms with van der Waals surface area (Å²) in [5, 5.41) is 9.33. The predicted molar refractivity (Wildman–Crippen MR) is 56.4 cm³/mol. The summed E-state index contributed by atoms with van der Waals surface area (Å²) < 4.78 is 5.10. The second-order valence-electron chi connectivity index (χ2n) is 3.48. The summed E-state index contributed by atoms with van der Waals surface area (Å²) in [6, 6.07) is 4.63. The SMILES string of the molecule is CCC/C=C1\OC(=O)c2ccc(O)cc21. The Labute approximate surface area is 88.0 Å². The molecule has 3 heteroatoms. The summed E-state index contributed by atoms with van der Waals surface area (Å²) in [6.07, 6.45) is 3.73. The van der Waals surface area contributed by atoms with Crippen LogP contribution in [0.2, 0.25) is 0 Å². The molecule has 3 nitrogen and oxygen atoms in total. The third-order valence-corrected chi connectivity index (χ3v) is 2.31. The Morgan fingerprint density at radius 1 is 1.40 bits per heavy atom. The first-order valence-electron chi connectivity index (χ1n) is 4.98. The van der Waals surface area contributed by atoms with Crippen LogP contribution in [-0.2, 0) is 4.74 Å². The van der Waals surface area contributed by atoms with E-state index in [2.05, 4.69) is 6.92 Å². The number of aromatic hydroxyl groups is 1. The van der Waals surface area contributed by atoms with Gasteiger partial charge in [0, 0.05) is 5.56 Å². The predicted octanol–water partition coefficient (Wildman–Crippen LogP) is 2.70. The highest BCUT2D eigenvalue weighted by molar-refractivity contribution is 6.03. The molecule has 0 radical (unpaired) electrons. The van der Waals surface area contributed by atoms with E-state index >= 15 is 0 Å². The van der Waals surface area contributed by atoms with Crippen molar-refractivity contribution in [2.24, 2.45) is 0 Å². The lowest BCUT2D eigenvalue weighted by Crippen LogP contribution is -1.92. The van der Waals surface area contributed by atoms with Crippen molar-refractivity contribution in [2.45, 2.75) is 19.8 Å². The lowest BCUT2D eigenvalue weighted by atomic mass is 10.1. The van der Waals surface area contributed by atoms with Crippen LogP contribution in [0.1, 0.15) is 35.7 Å². The number of allylic oxidation sites excluding steroid dienone is 1. The Hall–Kier alpha value is -1.77. The molecule has 0 fully saturated rings. The Bertz CT molecular complexity index is 432. The molecular weight excluding hydrogens is 192 g/mol. The molecule has 0 saturated heterocycles. The summed E-state index contributed by atoms with van der Waals surface area (Å²) in [5.41, 5.74) is 1.21. The highest BCUT2D eigenvalue weighted by Crippen LogP contribution is 2.32. The quantitative estimate of drug-likeness (QED) is 0.753. The number of hydrogen-bond donors (Lipinski definition) is 1. The van der Waals surface area contributed by atoms with Gasteiger partial charge in [0.15, 0.2) is 0 Å². The number of phenolic OH excluding ortho intramolecular Hbond substituents is 1. The fourth-order valence-corrected chi connectivity index (χ4v) is 1.55. The maximum Gasteiger partial charge on any atom is 0.344 e. The largest absolute Gasteiger partial charge is 0.508 e. The molecule has 15 heavy (non-hydrogen) atoms. The van der Waals surface area contributed by atoms with Crippen molar-refractivity contribution in [3.63, 3.8) is 0 Å². The van der Waals surface area contributed by atoms with E-state index in [-0.39, 0.29) is 11.7 Å². The van der Waals surface area contributed by atoms with Gasteiger partial charge < -0.3 is 9.84 Å². The number of esters is 1. The lowest BCUT2D eigenvalue weighted by Gasteiger charge is -1.98. The lowest BCUT2D eigenvalue weighted by molar-refractivity contribution is 0.0715. The van der Waals surface area contributed by atoms with E-state index in [1.54, 1.807) is 12.1 Å². The third-order valence-electron chi connectivity index (χ3n) is 2.31. The van der Waals surface area contributed by atoms with Crippen molar-refractivity contribution in [2.75, 3.05) is 0 Å². The fourth-order valence-electron chi connectivity index (χ4n) is 1.55. The Morgan fingerprint density at radius 2 is 2.20 bits per heavy atom. The number of hydrogen-bond acceptors (Lipinski definition) is 3. The number of cyclic esters (lactones) is 1. The van der Waals surface area contributed by atoms with Crippen molar-refractivity contribution < 1.29 is 14.6 Å². The second-order valence-corrected chi connectivity index (χ2v) is 3.48. The van der Waals surface area contributed by atoms with E-state index in [0.717, 1.165) is 12.8 Å². The van der Waals surface area contributed by atoms with Crippen molar-refractivity contribution in [3.05, 3.63) is 35.4 Å². The van der Waals surface area contributed by atoms with E-state index in [1.807, 2.05) is 6.08 Å². The zero-order valence-electron chi connectivity index (χ0n) is 8.49. The molecule has 1 N–H and O–H groups in total. The van der Waals surface area contributed by atoms with Gasteiger partial charge in [0.2, 0.25) is 0 Å². The molecule has 1 aliphatic heterocycles. The average Bonchev–Trinajstić information content (AvgIpc) is 2.52. The molecule has 0 atom stereocenters. The van der Waals surface area contributed by atoms with Gasteiger partial charge in [0.1, 0.15) is 11.5 Å². The van der Waals surface area contributed by atoms with E-state index in [0.29, 0.717) is 16.9 Å². The summed E-state index contributed by atoms with van der Waals surface area (Å²) in [7, 11) is 0. The molecule has 1 aromatic rings. The summed E-state index contributed by atoms with van der Waals surface area (Å²) in [4.78, 5) is 11.4. The van der Waals surface area contributed by atoms with Crippen LogP contribution in [0.5, 0.6) is 5.75 Å². The van der Waals surface area contributed by atoms with Gasteiger partial charge in [-0.3, -0.25) is 0 Å². The first kappa shape index (κ1) is 9.77. The van der Waals surface area contributed by atoms with Crippen LogP contribution in [0.4, 0.5) is 0 Å². The highest BCUT2D eigenvalue weighted by Gasteiger charge is 2.26.